The van der Waals surface area contributed by atoms with Crippen molar-refractivity contribution in [1.82, 2.24) is 0 Å². The minimum absolute atomic E-state index is 0.0000539. The number of carbonyl (C=O) groups is 1. The second-order valence-electron chi connectivity index (χ2n) is 4.71. The van der Waals surface area contributed by atoms with Gasteiger partial charge in [0.2, 0.25) is 0 Å². The molecule has 0 amide bonds. The summed E-state index contributed by atoms with van der Waals surface area (Å²) in [6.45, 7) is 2.63. The molecule has 1 aliphatic carbocycles. The Morgan fingerprint density at radius 1 is 1.18 bits per heavy atom. The Morgan fingerprint density at radius 2 is 1.88 bits per heavy atom. The summed E-state index contributed by atoms with van der Waals surface area (Å²) in [5, 5.41) is 0. The number of hydrogen-bond acceptors (Lipinski definition) is 2. The van der Waals surface area contributed by atoms with Crippen LogP contribution in [0.2, 0.25) is 0 Å². The molecule has 0 bridgehead atoms. The Morgan fingerprint density at radius 3 is 2.59 bits per heavy atom. The third kappa shape index (κ3) is 6.36. The molecule has 1 fully saturated rings. The topological polar surface area (TPSA) is 26.3 Å². The van der Waals surface area contributed by atoms with Gasteiger partial charge < -0.3 is 4.74 Å². The first-order valence-electron chi connectivity index (χ1n) is 6.97. The SMILES string of the molecule is CCCCC#CCCOC(=O)C1CCCCC1. The fourth-order valence-corrected chi connectivity index (χ4v) is 2.10. The first-order chi connectivity index (χ1) is 8.34. The molecule has 17 heavy (non-hydrogen) atoms. The molecule has 1 saturated carbocycles. The Bertz CT molecular complexity index is 266. The molecule has 0 saturated heterocycles. The van der Waals surface area contributed by atoms with Gasteiger partial charge in [-0.3, -0.25) is 4.79 Å². The van der Waals surface area contributed by atoms with Crippen molar-refractivity contribution in [3.8, 4) is 11.8 Å². The molecule has 0 heterocycles. The molecule has 96 valence electrons. The number of ether oxygens (including phenoxy) is 1. The van der Waals surface area contributed by atoms with Crippen LogP contribution in [0.15, 0.2) is 0 Å². The molecule has 0 N–H and O–H groups in total. The number of esters is 1. The zero-order valence-electron chi connectivity index (χ0n) is 11.0. The van der Waals surface area contributed by atoms with Crippen LogP contribution in [0.25, 0.3) is 0 Å². The summed E-state index contributed by atoms with van der Waals surface area (Å²) in [5.41, 5.74) is 0. The van der Waals surface area contributed by atoms with E-state index < -0.39 is 0 Å². The average Bonchev–Trinajstić information content (AvgIpc) is 2.38. The summed E-state index contributed by atoms with van der Waals surface area (Å²) < 4.78 is 5.25. The summed E-state index contributed by atoms with van der Waals surface area (Å²) in [6, 6.07) is 0. The first-order valence-corrected chi connectivity index (χ1v) is 6.97. The van der Waals surface area contributed by atoms with Crippen LogP contribution in [-0.2, 0) is 9.53 Å². The van der Waals surface area contributed by atoms with Crippen LogP contribution in [-0.4, -0.2) is 12.6 Å². The van der Waals surface area contributed by atoms with Crippen LogP contribution in [0.4, 0.5) is 0 Å². The zero-order chi connectivity index (χ0) is 12.3. The van der Waals surface area contributed by atoms with Gasteiger partial charge in [-0.25, -0.2) is 0 Å². The molecule has 0 atom stereocenters. The summed E-state index contributed by atoms with van der Waals surface area (Å²) in [4.78, 5) is 11.7. The van der Waals surface area contributed by atoms with Crippen molar-refractivity contribution in [2.24, 2.45) is 5.92 Å². The van der Waals surface area contributed by atoms with E-state index in [1.165, 1.54) is 25.7 Å². The summed E-state index contributed by atoms with van der Waals surface area (Å²) in [5.74, 6) is 6.31. The van der Waals surface area contributed by atoms with Crippen molar-refractivity contribution in [1.29, 1.82) is 0 Å². The predicted molar refractivity (Wildman–Crippen MR) is 69.5 cm³/mol. The molecule has 0 unspecified atom stereocenters. The largest absolute Gasteiger partial charge is 0.464 e. The fourth-order valence-electron chi connectivity index (χ4n) is 2.10. The summed E-state index contributed by atoms with van der Waals surface area (Å²) in [6.07, 6.45) is 9.65. The van der Waals surface area contributed by atoms with Gasteiger partial charge in [0.15, 0.2) is 0 Å². The van der Waals surface area contributed by atoms with E-state index in [4.69, 9.17) is 4.74 Å². The fraction of sp³-hybridized carbons (Fsp3) is 0.800. The molecule has 0 aliphatic heterocycles. The van der Waals surface area contributed by atoms with Crippen molar-refractivity contribution in [3.63, 3.8) is 0 Å². The molecule has 2 heteroatoms. The Hall–Kier alpha value is -0.970. The Kier molecular flexibility index (Phi) is 7.54. The van der Waals surface area contributed by atoms with E-state index in [1.807, 2.05) is 0 Å². The second-order valence-corrected chi connectivity index (χ2v) is 4.71. The van der Waals surface area contributed by atoms with E-state index in [2.05, 4.69) is 18.8 Å². The Balaban J connectivity index is 2.04. The third-order valence-corrected chi connectivity index (χ3v) is 3.19. The normalized spacial score (nSPS) is 16.1. The lowest BCUT2D eigenvalue weighted by atomic mass is 9.89. The van der Waals surface area contributed by atoms with Gasteiger partial charge in [-0.2, -0.15) is 0 Å². The molecular weight excluding hydrogens is 212 g/mol. The van der Waals surface area contributed by atoms with E-state index in [1.54, 1.807) is 0 Å². The molecule has 0 aromatic carbocycles. The van der Waals surface area contributed by atoms with Gasteiger partial charge in [0.05, 0.1) is 5.92 Å². The average molecular weight is 236 g/mol. The lowest BCUT2D eigenvalue weighted by molar-refractivity contribution is -0.149. The van der Waals surface area contributed by atoms with Crippen molar-refractivity contribution in [3.05, 3.63) is 0 Å². The lowest BCUT2D eigenvalue weighted by Crippen LogP contribution is -2.20. The molecule has 2 nitrogen and oxygen atoms in total. The van der Waals surface area contributed by atoms with Crippen LogP contribution >= 0.6 is 0 Å². The maximum atomic E-state index is 11.7. The second kappa shape index (κ2) is 9.10. The van der Waals surface area contributed by atoms with Crippen molar-refractivity contribution < 1.29 is 9.53 Å². The first kappa shape index (κ1) is 14.1. The molecule has 1 aliphatic rings. The molecule has 1 rings (SSSR count). The quantitative estimate of drug-likeness (QED) is 0.413. The van der Waals surface area contributed by atoms with Crippen LogP contribution in [0.1, 0.15) is 64.7 Å². The highest BCUT2D eigenvalue weighted by atomic mass is 16.5. The summed E-state index contributed by atoms with van der Waals surface area (Å²) in [7, 11) is 0. The Labute approximate surface area is 105 Å². The lowest BCUT2D eigenvalue weighted by Gasteiger charge is -2.19. The van der Waals surface area contributed by atoms with Gasteiger partial charge in [-0.15, -0.1) is 5.92 Å². The number of rotatable bonds is 5. The van der Waals surface area contributed by atoms with Crippen molar-refractivity contribution in [2.45, 2.75) is 64.7 Å². The van der Waals surface area contributed by atoms with Gasteiger partial charge in [0.1, 0.15) is 6.61 Å². The number of carbonyl (C=O) groups excluding carboxylic acids is 1. The number of unbranched alkanes of at least 4 members (excludes halogenated alkanes) is 2. The monoisotopic (exact) mass is 236 g/mol. The number of hydrogen-bond donors (Lipinski definition) is 0. The highest BCUT2D eigenvalue weighted by Gasteiger charge is 2.21. The maximum Gasteiger partial charge on any atom is 0.308 e. The molecule has 0 radical (unpaired) electrons. The smallest absolute Gasteiger partial charge is 0.308 e. The van der Waals surface area contributed by atoms with Crippen LogP contribution < -0.4 is 0 Å². The van der Waals surface area contributed by atoms with E-state index >= 15 is 0 Å². The minimum atomic E-state index is 0.0000539. The summed E-state index contributed by atoms with van der Waals surface area (Å²) >= 11 is 0. The molecule has 0 spiro atoms. The minimum Gasteiger partial charge on any atom is -0.464 e. The van der Waals surface area contributed by atoms with Crippen LogP contribution in [0.3, 0.4) is 0 Å². The van der Waals surface area contributed by atoms with Crippen LogP contribution in [0.5, 0.6) is 0 Å². The zero-order valence-corrected chi connectivity index (χ0v) is 11.0. The standard InChI is InChI=1S/C15H24O2/c1-2-3-4-5-6-10-13-17-15(16)14-11-8-7-9-12-14/h14H,2-4,7-13H2,1H3. The van der Waals surface area contributed by atoms with E-state index in [0.717, 1.165) is 25.7 Å². The van der Waals surface area contributed by atoms with Gasteiger partial charge in [0.25, 0.3) is 0 Å². The van der Waals surface area contributed by atoms with Crippen LogP contribution in [0, 0.1) is 17.8 Å². The van der Waals surface area contributed by atoms with E-state index in [-0.39, 0.29) is 11.9 Å². The van der Waals surface area contributed by atoms with Crippen molar-refractivity contribution in [2.75, 3.05) is 6.61 Å². The molecule has 0 aromatic rings. The maximum absolute atomic E-state index is 11.7. The van der Waals surface area contributed by atoms with Crippen molar-refractivity contribution >= 4 is 5.97 Å². The third-order valence-electron chi connectivity index (χ3n) is 3.19. The van der Waals surface area contributed by atoms with Gasteiger partial charge in [-0.1, -0.05) is 38.5 Å². The predicted octanol–water partition coefficient (Wildman–Crippen LogP) is 3.69. The van der Waals surface area contributed by atoms with Gasteiger partial charge >= 0.3 is 5.97 Å². The highest BCUT2D eigenvalue weighted by molar-refractivity contribution is 5.72. The highest BCUT2D eigenvalue weighted by Crippen LogP contribution is 2.24. The van der Waals surface area contributed by atoms with E-state index in [9.17, 15) is 4.79 Å². The van der Waals surface area contributed by atoms with E-state index in [0.29, 0.717) is 13.0 Å². The molecular formula is C15H24O2. The molecule has 0 aromatic heterocycles. The van der Waals surface area contributed by atoms with Gasteiger partial charge in [0, 0.05) is 12.8 Å². The van der Waals surface area contributed by atoms with Gasteiger partial charge in [-0.05, 0) is 19.3 Å².